The molecule has 88 valence electrons. The lowest BCUT2D eigenvalue weighted by Crippen LogP contribution is -2.02. The molecule has 17 heavy (non-hydrogen) atoms. The zero-order chi connectivity index (χ0) is 12.1. The Kier molecular flexibility index (Phi) is 3.78. The van der Waals surface area contributed by atoms with Gasteiger partial charge in [-0.05, 0) is 35.7 Å². The predicted octanol–water partition coefficient (Wildman–Crippen LogP) is 3.07. The van der Waals surface area contributed by atoms with Crippen LogP contribution >= 0.6 is 0 Å². The van der Waals surface area contributed by atoms with Crippen LogP contribution in [0.15, 0.2) is 48.5 Å². The molecule has 0 unspecified atom stereocenters. The molecule has 2 nitrogen and oxygen atoms in total. The van der Waals surface area contributed by atoms with Crippen LogP contribution in [-0.4, -0.2) is 0 Å². The molecule has 0 bridgehead atoms. The van der Waals surface area contributed by atoms with Crippen molar-refractivity contribution in [1.82, 2.24) is 0 Å². The first kappa shape index (κ1) is 11.7. The van der Waals surface area contributed by atoms with Gasteiger partial charge in [0.2, 0.25) is 0 Å². The summed E-state index contributed by atoms with van der Waals surface area (Å²) in [5, 5.41) is 3.41. The molecule has 0 aromatic heterocycles. The molecule has 0 spiro atoms. The Morgan fingerprint density at radius 1 is 1.00 bits per heavy atom. The molecule has 0 amide bonds. The normalized spacial score (nSPS) is 10.2. The number of nitrogens with two attached hydrogens (primary N) is 1. The minimum Gasteiger partial charge on any atom is -0.381 e. The van der Waals surface area contributed by atoms with Crippen LogP contribution in [0.5, 0.6) is 0 Å². The lowest BCUT2D eigenvalue weighted by Gasteiger charge is -2.08. The fraction of sp³-hybridized carbons (Fsp3) is 0.200. The topological polar surface area (TPSA) is 38.0 Å². The van der Waals surface area contributed by atoms with E-state index in [2.05, 4.69) is 60.8 Å². The third kappa shape index (κ3) is 3.33. The molecule has 3 N–H and O–H groups in total. The summed E-state index contributed by atoms with van der Waals surface area (Å²) in [4.78, 5) is 0. The van der Waals surface area contributed by atoms with Crippen LogP contribution < -0.4 is 11.1 Å². The van der Waals surface area contributed by atoms with E-state index in [4.69, 9.17) is 5.73 Å². The van der Waals surface area contributed by atoms with Crippen LogP contribution in [0.4, 0.5) is 5.69 Å². The lowest BCUT2D eigenvalue weighted by atomic mass is 10.1. The van der Waals surface area contributed by atoms with Crippen LogP contribution in [0.25, 0.3) is 0 Å². The molecule has 2 aromatic rings. The molecule has 0 saturated carbocycles. The minimum absolute atomic E-state index is 0.596. The SMILES string of the molecule is Cc1cccc(NCc2cccc(CN)c2)c1. The van der Waals surface area contributed by atoms with E-state index in [9.17, 15) is 0 Å². The fourth-order valence-corrected chi connectivity index (χ4v) is 1.83. The summed E-state index contributed by atoms with van der Waals surface area (Å²) in [6.45, 7) is 3.52. The van der Waals surface area contributed by atoms with Crippen molar-refractivity contribution in [1.29, 1.82) is 0 Å². The Bertz CT molecular complexity index is 492. The van der Waals surface area contributed by atoms with Crippen molar-refractivity contribution in [2.24, 2.45) is 5.73 Å². The zero-order valence-electron chi connectivity index (χ0n) is 10.1. The number of aryl methyl sites for hydroxylation is 1. The smallest absolute Gasteiger partial charge is 0.0400 e. The molecule has 0 heterocycles. The molecule has 0 saturated heterocycles. The molecular formula is C15H18N2. The molecular weight excluding hydrogens is 208 g/mol. The van der Waals surface area contributed by atoms with Gasteiger partial charge in [0.15, 0.2) is 0 Å². The Hall–Kier alpha value is -1.80. The highest BCUT2D eigenvalue weighted by molar-refractivity contribution is 5.46. The van der Waals surface area contributed by atoms with Crippen LogP contribution in [0.2, 0.25) is 0 Å². The maximum Gasteiger partial charge on any atom is 0.0400 e. The van der Waals surface area contributed by atoms with Gasteiger partial charge >= 0.3 is 0 Å². The van der Waals surface area contributed by atoms with Gasteiger partial charge in [-0.1, -0.05) is 36.4 Å². The highest BCUT2D eigenvalue weighted by Gasteiger charge is 1.96. The molecule has 2 aromatic carbocycles. The second-order valence-corrected chi connectivity index (χ2v) is 4.25. The van der Waals surface area contributed by atoms with E-state index in [1.54, 1.807) is 0 Å². The minimum atomic E-state index is 0.596. The average molecular weight is 226 g/mol. The molecule has 0 aliphatic rings. The third-order valence-electron chi connectivity index (χ3n) is 2.74. The van der Waals surface area contributed by atoms with Crippen LogP contribution in [0.1, 0.15) is 16.7 Å². The number of benzene rings is 2. The van der Waals surface area contributed by atoms with Gasteiger partial charge < -0.3 is 11.1 Å². The Morgan fingerprint density at radius 3 is 2.53 bits per heavy atom. The van der Waals surface area contributed by atoms with Gasteiger partial charge in [0.1, 0.15) is 0 Å². The first-order valence-electron chi connectivity index (χ1n) is 5.86. The highest BCUT2D eigenvalue weighted by Crippen LogP contribution is 2.12. The van der Waals surface area contributed by atoms with Crippen LogP contribution in [0, 0.1) is 6.92 Å². The van der Waals surface area contributed by atoms with E-state index in [1.165, 1.54) is 16.7 Å². The molecule has 2 rings (SSSR count). The Labute approximate surface area is 102 Å². The largest absolute Gasteiger partial charge is 0.381 e. The Morgan fingerprint density at radius 2 is 1.76 bits per heavy atom. The van der Waals surface area contributed by atoms with Gasteiger partial charge in [-0.15, -0.1) is 0 Å². The quantitative estimate of drug-likeness (QED) is 0.840. The highest BCUT2D eigenvalue weighted by atomic mass is 14.9. The van der Waals surface area contributed by atoms with Crippen LogP contribution in [0.3, 0.4) is 0 Å². The average Bonchev–Trinajstić information content (AvgIpc) is 2.37. The first-order valence-corrected chi connectivity index (χ1v) is 5.86. The number of hydrogen-bond acceptors (Lipinski definition) is 2. The van der Waals surface area contributed by atoms with E-state index in [0.717, 1.165) is 12.2 Å². The summed E-state index contributed by atoms with van der Waals surface area (Å²) in [6.07, 6.45) is 0. The van der Waals surface area contributed by atoms with Crippen molar-refractivity contribution >= 4 is 5.69 Å². The maximum atomic E-state index is 5.63. The van der Waals surface area contributed by atoms with Crippen molar-refractivity contribution in [3.63, 3.8) is 0 Å². The monoisotopic (exact) mass is 226 g/mol. The maximum absolute atomic E-state index is 5.63. The van der Waals surface area contributed by atoms with Crippen molar-refractivity contribution in [2.75, 3.05) is 5.32 Å². The predicted molar refractivity (Wildman–Crippen MR) is 72.8 cm³/mol. The van der Waals surface area contributed by atoms with E-state index in [0.29, 0.717) is 6.54 Å². The summed E-state index contributed by atoms with van der Waals surface area (Å²) in [7, 11) is 0. The van der Waals surface area contributed by atoms with Crippen LogP contribution in [-0.2, 0) is 13.1 Å². The summed E-state index contributed by atoms with van der Waals surface area (Å²) in [5.41, 5.74) is 10.5. The van der Waals surface area contributed by atoms with Gasteiger partial charge in [-0.2, -0.15) is 0 Å². The zero-order valence-corrected chi connectivity index (χ0v) is 10.1. The van der Waals surface area contributed by atoms with Crippen molar-refractivity contribution in [3.8, 4) is 0 Å². The van der Waals surface area contributed by atoms with E-state index >= 15 is 0 Å². The van der Waals surface area contributed by atoms with Crippen molar-refractivity contribution in [3.05, 3.63) is 65.2 Å². The van der Waals surface area contributed by atoms with Gasteiger partial charge in [0, 0.05) is 18.8 Å². The number of rotatable bonds is 4. The van der Waals surface area contributed by atoms with Crippen molar-refractivity contribution < 1.29 is 0 Å². The number of nitrogens with one attached hydrogen (secondary N) is 1. The van der Waals surface area contributed by atoms with E-state index in [-0.39, 0.29) is 0 Å². The molecule has 0 aliphatic heterocycles. The second kappa shape index (κ2) is 5.51. The first-order chi connectivity index (χ1) is 8.28. The van der Waals surface area contributed by atoms with Gasteiger partial charge in [0.25, 0.3) is 0 Å². The summed E-state index contributed by atoms with van der Waals surface area (Å²) in [5.74, 6) is 0. The van der Waals surface area contributed by atoms with Crippen molar-refractivity contribution in [2.45, 2.75) is 20.0 Å². The fourth-order valence-electron chi connectivity index (χ4n) is 1.83. The molecule has 0 aliphatic carbocycles. The summed E-state index contributed by atoms with van der Waals surface area (Å²) >= 11 is 0. The van der Waals surface area contributed by atoms with Gasteiger partial charge in [-0.3, -0.25) is 0 Å². The molecule has 0 fully saturated rings. The van der Waals surface area contributed by atoms with Gasteiger partial charge in [0.05, 0.1) is 0 Å². The number of hydrogen-bond donors (Lipinski definition) is 2. The van der Waals surface area contributed by atoms with E-state index < -0.39 is 0 Å². The second-order valence-electron chi connectivity index (χ2n) is 4.25. The summed E-state index contributed by atoms with van der Waals surface area (Å²) in [6, 6.07) is 16.7. The van der Waals surface area contributed by atoms with E-state index in [1.807, 2.05) is 0 Å². The van der Waals surface area contributed by atoms with Gasteiger partial charge in [-0.25, -0.2) is 0 Å². The standard InChI is InChI=1S/C15H18N2/c1-12-4-2-7-15(8-12)17-11-14-6-3-5-13(9-14)10-16/h2-9,17H,10-11,16H2,1H3. The Balaban J connectivity index is 2.02. The molecule has 2 heteroatoms. The number of anilines is 1. The molecule has 0 radical (unpaired) electrons. The third-order valence-corrected chi connectivity index (χ3v) is 2.74. The molecule has 0 atom stereocenters. The summed E-state index contributed by atoms with van der Waals surface area (Å²) < 4.78 is 0. The lowest BCUT2D eigenvalue weighted by molar-refractivity contribution is 1.05.